The van der Waals surface area contributed by atoms with E-state index in [9.17, 15) is 0 Å². The number of nitrogens with zero attached hydrogens (tertiary/aromatic N) is 2. The second-order valence-electron chi connectivity index (χ2n) is 3.69. The number of aliphatic imine (C=N–C) groups is 1. The van der Waals surface area contributed by atoms with Crippen LogP contribution in [0.25, 0.3) is 0 Å². The lowest BCUT2D eigenvalue weighted by molar-refractivity contribution is 0.203. The van der Waals surface area contributed by atoms with Crippen molar-refractivity contribution in [3.05, 3.63) is 16.1 Å². The monoisotopic (exact) mass is 270 g/mol. The molecule has 0 aromatic carbocycles. The Morgan fingerprint density at radius 2 is 2.28 bits per heavy atom. The Morgan fingerprint density at radius 1 is 1.44 bits per heavy atom. The van der Waals surface area contributed by atoms with Crippen molar-refractivity contribution < 1.29 is 4.74 Å². The van der Waals surface area contributed by atoms with Crippen molar-refractivity contribution in [1.29, 1.82) is 0 Å². The lowest BCUT2D eigenvalue weighted by atomic mass is 10.4. The first-order valence-electron chi connectivity index (χ1n) is 6.24. The van der Waals surface area contributed by atoms with Crippen LogP contribution >= 0.6 is 11.3 Å². The van der Waals surface area contributed by atoms with Crippen LogP contribution in [0.15, 0.2) is 11.2 Å². The van der Waals surface area contributed by atoms with Crippen molar-refractivity contribution in [2.24, 2.45) is 4.99 Å². The molecule has 0 fully saturated rings. The number of ether oxygens (including phenoxy) is 1. The quantitative estimate of drug-likeness (QED) is 0.447. The highest BCUT2D eigenvalue weighted by molar-refractivity contribution is 7.11. The molecule has 0 atom stereocenters. The summed E-state index contributed by atoms with van der Waals surface area (Å²) in [6.07, 6.45) is 2.97. The van der Waals surface area contributed by atoms with Crippen molar-refractivity contribution in [3.63, 3.8) is 0 Å². The van der Waals surface area contributed by atoms with Crippen LogP contribution in [0.1, 0.15) is 23.7 Å². The van der Waals surface area contributed by atoms with E-state index in [-0.39, 0.29) is 0 Å². The number of hydrogen-bond acceptors (Lipinski definition) is 4. The van der Waals surface area contributed by atoms with Gasteiger partial charge in [-0.1, -0.05) is 6.92 Å². The van der Waals surface area contributed by atoms with Gasteiger partial charge in [-0.2, -0.15) is 0 Å². The number of thiazole rings is 1. The van der Waals surface area contributed by atoms with Gasteiger partial charge in [-0.05, 0) is 13.3 Å². The molecule has 1 aromatic rings. The number of rotatable bonds is 7. The van der Waals surface area contributed by atoms with Crippen LogP contribution in [0.4, 0.5) is 0 Å². The summed E-state index contributed by atoms with van der Waals surface area (Å²) in [7, 11) is 1.69. The molecule has 0 saturated carbocycles. The minimum atomic E-state index is 0.618. The fourth-order valence-corrected chi connectivity index (χ4v) is 2.13. The average molecular weight is 270 g/mol. The van der Waals surface area contributed by atoms with Gasteiger partial charge in [0.2, 0.25) is 0 Å². The molecule has 0 radical (unpaired) electrons. The summed E-state index contributed by atoms with van der Waals surface area (Å²) in [5.74, 6) is 0.808. The Kier molecular flexibility index (Phi) is 7.36. The van der Waals surface area contributed by atoms with Crippen molar-refractivity contribution in [2.45, 2.75) is 26.8 Å². The van der Waals surface area contributed by atoms with E-state index in [0.29, 0.717) is 13.2 Å². The summed E-state index contributed by atoms with van der Waals surface area (Å²) in [5, 5.41) is 7.45. The molecule has 5 nitrogen and oxygen atoms in total. The lowest BCUT2D eigenvalue weighted by Gasteiger charge is -2.10. The molecule has 0 amide bonds. The van der Waals surface area contributed by atoms with E-state index < -0.39 is 0 Å². The van der Waals surface area contributed by atoms with E-state index in [1.54, 1.807) is 18.4 Å². The van der Waals surface area contributed by atoms with E-state index in [2.05, 4.69) is 27.5 Å². The summed E-state index contributed by atoms with van der Waals surface area (Å²) in [4.78, 5) is 10.1. The number of nitrogens with one attached hydrogen (secondary N) is 2. The first-order valence-corrected chi connectivity index (χ1v) is 7.06. The summed E-state index contributed by atoms with van der Waals surface area (Å²) in [6.45, 7) is 7.06. The standard InChI is InChI=1S/C12H22N4OS/c1-4-10-8-15-11(18-10)9-16-12(13-5-2)14-6-7-17-3/h8H,4-7,9H2,1-3H3,(H2,13,14,16). The molecule has 0 unspecified atom stereocenters. The Bertz CT molecular complexity index is 365. The van der Waals surface area contributed by atoms with Crippen LogP contribution < -0.4 is 10.6 Å². The van der Waals surface area contributed by atoms with Crippen molar-refractivity contribution >= 4 is 17.3 Å². The molecule has 1 rings (SSSR count). The molecule has 18 heavy (non-hydrogen) atoms. The molecule has 6 heteroatoms. The van der Waals surface area contributed by atoms with Gasteiger partial charge in [0.05, 0.1) is 13.2 Å². The molecular weight excluding hydrogens is 248 g/mol. The molecule has 0 bridgehead atoms. The Labute approximate surface area is 113 Å². The molecule has 0 aliphatic rings. The van der Waals surface area contributed by atoms with Crippen molar-refractivity contribution in [3.8, 4) is 0 Å². The molecule has 102 valence electrons. The van der Waals surface area contributed by atoms with E-state index in [4.69, 9.17) is 4.74 Å². The predicted octanol–water partition coefficient (Wildman–Crippen LogP) is 1.41. The third kappa shape index (κ3) is 5.46. The van der Waals surface area contributed by atoms with Gasteiger partial charge in [0.15, 0.2) is 5.96 Å². The molecule has 1 heterocycles. The van der Waals surface area contributed by atoms with E-state index >= 15 is 0 Å². The van der Waals surface area contributed by atoms with Gasteiger partial charge in [0.1, 0.15) is 5.01 Å². The average Bonchev–Trinajstić information content (AvgIpc) is 2.84. The number of aryl methyl sites for hydroxylation is 1. The molecule has 0 aliphatic heterocycles. The minimum absolute atomic E-state index is 0.618. The van der Waals surface area contributed by atoms with Gasteiger partial charge >= 0.3 is 0 Å². The van der Waals surface area contributed by atoms with Gasteiger partial charge in [0.25, 0.3) is 0 Å². The lowest BCUT2D eigenvalue weighted by Crippen LogP contribution is -2.38. The first-order chi connectivity index (χ1) is 8.80. The van der Waals surface area contributed by atoms with Crippen LogP contribution in [0.3, 0.4) is 0 Å². The van der Waals surface area contributed by atoms with Gasteiger partial charge in [-0.15, -0.1) is 11.3 Å². The van der Waals surface area contributed by atoms with E-state index in [1.165, 1.54) is 4.88 Å². The van der Waals surface area contributed by atoms with Crippen LogP contribution in [0.5, 0.6) is 0 Å². The van der Waals surface area contributed by atoms with Gasteiger partial charge in [-0.25, -0.2) is 9.98 Å². The SMILES string of the molecule is CCNC(=NCc1ncc(CC)s1)NCCOC. The number of aromatic nitrogens is 1. The largest absolute Gasteiger partial charge is 0.383 e. The summed E-state index contributed by atoms with van der Waals surface area (Å²) in [6, 6.07) is 0. The fraction of sp³-hybridized carbons (Fsp3) is 0.667. The summed E-state index contributed by atoms with van der Waals surface area (Å²) < 4.78 is 5.00. The number of hydrogen-bond donors (Lipinski definition) is 2. The fourth-order valence-electron chi connectivity index (χ4n) is 1.34. The Hall–Kier alpha value is -1.14. The zero-order chi connectivity index (χ0) is 13.2. The van der Waals surface area contributed by atoms with Gasteiger partial charge in [0, 0.05) is 31.3 Å². The number of methoxy groups -OCH3 is 1. The van der Waals surface area contributed by atoms with Crippen LogP contribution in [-0.4, -0.2) is 37.7 Å². The third-order valence-corrected chi connectivity index (χ3v) is 3.39. The Morgan fingerprint density at radius 3 is 2.89 bits per heavy atom. The topological polar surface area (TPSA) is 58.5 Å². The highest BCUT2D eigenvalue weighted by atomic mass is 32.1. The normalized spacial score (nSPS) is 11.6. The van der Waals surface area contributed by atoms with Crippen LogP contribution in [-0.2, 0) is 17.7 Å². The van der Waals surface area contributed by atoms with E-state index in [0.717, 1.165) is 30.5 Å². The molecule has 0 spiro atoms. The second kappa shape index (κ2) is 8.88. The van der Waals surface area contributed by atoms with Gasteiger partial charge in [-0.3, -0.25) is 0 Å². The minimum Gasteiger partial charge on any atom is -0.383 e. The highest BCUT2D eigenvalue weighted by Gasteiger charge is 2.01. The maximum atomic E-state index is 5.00. The number of guanidine groups is 1. The second-order valence-corrected chi connectivity index (χ2v) is 4.89. The molecule has 0 saturated heterocycles. The maximum Gasteiger partial charge on any atom is 0.191 e. The smallest absolute Gasteiger partial charge is 0.191 e. The van der Waals surface area contributed by atoms with Crippen LogP contribution in [0, 0.1) is 0 Å². The molecule has 1 aromatic heterocycles. The maximum absolute atomic E-state index is 5.00. The zero-order valence-corrected chi connectivity index (χ0v) is 12.1. The molecule has 2 N–H and O–H groups in total. The van der Waals surface area contributed by atoms with Crippen molar-refractivity contribution in [2.75, 3.05) is 26.8 Å². The summed E-state index contributed by atoms with van der Waals surface area (Å²) >= 11 is 1.72. The third-order valence-electron chi connectivity index (χ3n) is 2.27. The van der Waals surface area contributed by atoms with E-state index in [1.807, 2.05) is 13.1 Å². The zero-order valence-electron chi connectivity index (χ0n) is 11.3. The summed E-state index contributed by atoms with van der Waals surface area (Å²) in [5.41, 5.74) is 0. The van der Waals surface area contributed by atoms with Crippen molar-refractivity contribution in [1.82, 2.24) is 15.6 Å². The molecular formula is C12H22N4OS. The molecule has 0 aliphatic carbocycles. The van der Waals surface area contributed by atoms with Crippen LogP contribution in [0.2, 0.25) is 0 Å². The first kappa shape index (κ1) is 14.9. The Balaban J connectivity index is 2.47. The van der Waals surface area contributed by atoms with Gasteiger partial charge < -0.3 is 15.4 Å². The predicted molar refractivity (Wildman–Crippen MR) is 76.2 cm³/mol. The highest BCUT2D eigenvalue weighted by Crippen LogP contribution is 2.13.